The van der Waals surface area contributed by atoms with Crippen molar-refractivity contribution in [3.8, 4) is 17.1 Å². The molecule has 5 heteroatoms. The minimum atomic E-state index is 0.451. The fraction of sp³-hybridized carbons (Fsp3) is 0.500. The van der Waals surface area contributed by atoms with Crippen LogP contribution in [0.25, 0.3) is 11.4 Å². The van der Waals surface area contributed by atoms with Gasteiger partial charge in [0.15, 0.2) is 0 Å². The van der Waals surface area contributed by atoms with Gasteiger partial charge >= 0.3 is 0 Å². The average Bonchev–Trinajstić information content (AvgIpc) is 2.95. The summed E-state index contributed by atoms with van der Waals surface area (Å²) in [5, 5.41) is 7.42. The number of nitrogens with zero attached hydrogens (tertiary/aromatic N) is 2. The van der Waals surface area contributed by atoms with Crippen molar-refractivity contribution < 1.29 is 9.26 Å². The Labute approximate surface area is 125 Å². The molecule has 0 spiro atoms. The Bertz CT molecular complexity index is 554. The van der Waals surface area contributed by atoms with Crippen LogP contribution >= 0.6 is 0 Å². The smallest absolute Gasteiger partial charge is 0.227 e. The highest BCUT2D eigenvalue weighted by Crippen LogP contribution is 2.21. The summed E-state index contributed by atoms with van der Waals surface area (Å²) >= 11 is 0. The largest absolute Gasteiger partial charge is 0.494 e. The lowest BCUT2D eigenvalue weighted by Crippen LogP contribution is -2.25. The first-order valence-electron chi connectivity index (χ1n) is 7.52. The van der Waals surface area contributed by atoms with Crippen molar-refractivity contribution in [2.24, 2.45) is 0 Å². The zero-order chi connectivity index (χ0) is 15.1. The van der Waals surface area contributed by atoms with Crippen molar-refractivity contribution in [1.29, 1.82) is 0 Å². The number of hydrogen-bond acceptors (Lipinski definition) is 5. The molecule has 0 aliphatic carbocycles. The molecule has 0 radical (unpaired) electrons. The van der Waals surface area contributed by atoms with E-state index in [0.29, 0.717) is 24.4 Å². The van der Waals surface area contributed by atoms with Crippen molar-refractivity contribution in [1.82, 2.24) is 15.5 Å². The standard InChI is InChI=1S/C16H23N3O2/c1-4-17-12(3)9-10-15-18-16(19-21-15)13-7-6-8-14(11-13)20-5-2/h6-8,11-12,17H,4-5,9-10H2,1-3H3. The number of aryl methyl sites for hydroxylation is 1. The van der Waals surface area contributed by atoms with Crippen molar-refractivity contribution in [2.45, 2.75) is 39.7 Å². The Morgan fingerprint density at radius 2 is 2.19 bits per heavy atom. The van der Waals surface area contributed by atoms with Crippen LogP contribution in [-0.4, -0.2) is 29.3 Å². The van der Waals surface area contributed by atoms with Gasteiger partial charge in [-0.25, -0.2) is 0 Å². The predicted octanol–water partition coefficient (Wildman–Crippen LogP) is 3.07. The molecular formula is C16H23N3O2. The molecule has 2 aromatic rings. The number of benzene rings is 1. The van der Waals surface area contributed by atoms with E-state index in [1.54, 1.807) is 0 Å². The maximum absolute atomic E-state index is 5.49. The topological polar surface area (TPSA) is 60.2 Å². The molecule has 0 amide bonds. The Balaban J connectivity index is 2.00. The van der Waals surface area contributed by atoms with Gasteiger partial charge in [0.25, 0.3) is 0 Å². The van der Waals surface area contributed by atoms with E-state index < -0.39 is 0 Å². The molecule has 1 atom stereocenters. The van der Waals surface area contributed by atoms with Crippen LogP contribution < -0.4 is 10.1 Å². The van der Waals surface area contributed by atoms with Crippen molar-refractivity contribution in [2.75, 3.05) is 13.2 Å². The van der Waals surface area contributed by atoms with Gasteiger partial charge in [-0.05, 0) is 38.9 Å². The third kappa shape index (κ3) is 4.56. The lowest BCUT2D eigenvalue weighted by atomic mass is 10.2. The molecule has 0 saturated heterocycles. The number of nitrogens with one attached hydrogen (secondary N) is 1. The second kappa shape index (κ2) is 7.78. The summed E-state index contributed by atoms with van der Waals surface area (Å²) in [5.74, 6) is 2.11. The van der Waals surface area contributed by atoms with Gasteiger partial charge in [-0.15, -0.1) is 0 Å². The molecule has 0 bridgehead atoms. The Morgan fingerprint density at radius 1 is 1.33 bits per heavy atom. The van der Waals surface area contributed by atoms with E-state index in [2.05, 4.69) is 29.3 Å². The molecule has 1 aromatic carbocycles. The monoisotopic (exact) mass is 289 g/mol. The fourth-order valence-electron chi connectivity index (χ4n) is 2.16. The summed E-state index contributed by atoms with van der Waals surface area (Å²) in [6.45, 7) is 7.84. The Morgan fingerprint density at radius 3 is 2.95 bits per heavy atom. The van der Waals surface area contributed by atoms with Gasteiger partial charge in [-0.1, -0.05) is 24.2 Å². The maximum atomic E-state index is 5.49. The summed E-state index contributed by atoms with van der Waals surface area (Å²) in [4.78, 5) is 4.45. The minimum Gasteiger partial charge on any atom is -0.494 e. The molecule has 5 nitrogen and oxygen atoms in total. The molecule has 0 aliphatic heterocycles. The zero-order valence-electron chi connectivity index (χ0n) is 12.9. The van der Waals surface area contributed by atoms with E-state index >= 15 is 0 Å². The lowest BCUT2D eigenvalue weighted by molar-refractivity contribution is 0.340. The van der Waals surface area contributed by atoms with Gasteiger partial charge in [0.1, 0.15) is 5.75 Å². The first-order chi connectivity index (χ1) is 10.2. The van der Waals surface area contributed by atoms with E-state index in [-0.39, 0.29) is 0 Å². The first-order valence-corrected chi connectivity index (χ1v) is 7.52. The summed E-state index contributed by atoms with van der Waals surface area (Å²) in [6, 6.07) is 8.19. The van der Waals surface area contributed by atoms with E-state index in [1.807, 2.05) is 31.2 Å². The predicted molar refractivity (Wildman–Crippen MR) is 82.4 cm³/mol. The van der Waals surface area contributed by atoms with Crippen LogP contribution in [0.4, 0.5) is 0 Å². The SMILES string of the molecule is CCNC(C)CCc1nc(-c2cccc(OCC)c2)no1. The van der Waals surface area contributed by atoms with Gasteiger partial charge in [0.2, 0.25) is 11.7 Å². The molecule has 1 unspecified atom stereocenters. The highest BCUT2D eigenvalue weighted by Gasteiger charge is 2.10. The number of ether oxygens (including phenoxy) is 1. The number of aromatic nitrogens is 2. The molecule has 1 N–H and O–H groups in total. The van der Waals surface area contributed by atoms with Crippen LogP contribution in [0, 0.1) is 0 Å². The summed E-state index contributed by atoms with van der Waals surface area (Å²) in [7, 11) is 0. The molecule has 0 saturated carbocycles. The number of rotatable bonds is 8. The van der Waals surface area contributed by atoms with Crippen LogP contribution in [0.3, 0.4) is 0 Å². The van der Waals surface area contributed by atoms with Crippen molar-refractivity contribution in [3.63, 3.8) is 0 Å². The van der Waals surface area contributed by atoms with Crippen LogP contribution in [0.5, 0.6) is 5.75 Å². The molecule has 21 heavy (non-hydrogen) atoms. The second-order valence-corrected chi connectivity index (χ2v) is 4.97. The number of hydrogen-bond donors (Lipinski definition) is 1. The van der Waals surface area contributed by atoms with Crippen LogP contribution in [0.15, 0.2) is 28.8 Å². The maximum Gasteiger partial charge on any atom is 0.227 e. The van der Waals surface area contributed by atoms with E-state index in [9.17, 15) is 0 Å². The first kappa shape index (κ1) is 15.5. The molecule has 1 heterocycles. The normalized spacial score (nSPS) is 12.3. The average molecular weight is 289 g/mol. The van der Waals surface area contributed by atoms with E-state index in [1.165, 1.54) is 0 Å². The Kier molecular flexibility index (Phi) is 5.75. The highest BCUT2D eigenvalue weighted by atomic mass is 16.5. The summed E-state index contributed by atoms with van der Waals surface area (Å²) in [5.41, 5.74) is 0.913. The second-order valence-electron chi connectivity index (χ2n) is 4.97. The van der Waals surface area contributed by atoms with Gasteiger partial charge in [0, 0.05) is 18.0 Å². The van der Waals surface area contributed by atoms with Gasteiger partial charge in [-0.3, -0.25) is 0 Å². The van der Waals surface area contributed by atoms with Gasteiger partial charge < -0.3 is 14.6 Å². The molecule has 2 rings (SSSR count). The fourth-order valence-corrected chi connectivity index (χ4v) is 2.16. The molecule has 0 aliphatic rings. The minimum absolute atomic E-state index is 0.451. The van der Waals surface area contributed by atoms with Crippen LogP contribution in [-0.2, 0) is 6.42 Å². The highest BCUT2D eigenvalue weighted by molar-refractivity contribution is 5.56. The summed E-state index contributed by atoms with van der Waals surface area (Å²) in [6.07, 6.45) is 1.76. The van der Waals surface area contributed by atoms with Crippen LogP contribution in [0.2, 0.25) is 0 Å². The molecular weight excluding hydrogens is 266 g/mol. The van der Waals surface area contributed by atoms with Crippen LogP contribution in [0.1, 0.15) is 33.1 Å². The molecule has 0 fully saturated rings. The Hall–Kier alpha value is -1.88. The third-order valence-corrected chi connectivity index (χ3v) is 3.22. The van der Waals surface area contributed by atoms with Crippen molar-refractivity contribution >= 4 is 0 Å². The third-order valence-electron chi connectivity index (χ3n) is 3.22. The lowest BCUT2D eigenvalue weighted by Gasteiger charge is -2.09. The van der Waals surface area contributed by atoms with Gasteiger partial charge in [0.05, 0.1) is 6.61 Å². The van der Waals surface area contributed by atoms with Gasteiger partial charge in [-0.2, -0.15) is 4.98 Å². The van der Waals surface area contributed by atoms with E-state index in [0.717, 1.165) is 30.7 Å². The summed E-state index contributed by atoms with van der Waals surface area (Å²) < 4.78 is 10.8. The van der Waals surface area contributed by atoms with Crippen molar-refractivity contribution in [3.05, 3.63) is 30.2 Å². The van der Waals surface area contributed by atoms with E-state index in [4.69, 9.17) is 9.26 Å². The quantitative estimate of drug-likeness (QED) is 0.809. The molecule has 114 valence electrons. The zero-order valence-corrected chi connectivity index (χ0v) is 12.9. The molecule has 1 aromatic heterocycles.